The molecule has 0 saturated heterocycles. The Bertz CT molecular complexity index is 927. The number of ether oxygens (including phenoxy) is 2. The van der Waals surface area contributed by atoms with Crippen LogP contribution in [0.1, 0.15) is 20.3 Å². The van der Waals surface area contributed by atoms with Crippen LogP contribution in [0.2, 0.25) is 0 Å². The number of rotatable bonds is 8. The lowest BCUT2D eigenvalue weighted by Crippen LogP contribution is -2.32. The molecule has 0 aliphatic carbocycles. The molecule has 2 aromatic carbocycles. The van der Waals surface area contributed by atoms with Crippen molar-refractivity contribution in [1.82, 2.24) is 10.3 Å². The molecule has 0 bridgehead atoms. The summed E-state index contributed by atoms with van der Waals surface area (Å²) in [5, 5.41) is 10.2. The highest BCUT2D eigenvalue weighted by Gasteiger charge is 2.23. The van der Waals surface area contributed by atoms with Crippen molar-refractivity contribution >= 4 is 11.7 Å². The zero-order chi connectivity index (χ0) is 19.9. The summed E-state index contributed by atoms with van der Waals surface area (Å²) in [6.45, 7) is 4.22. The molecule has 1 amide bonds. The molecule has 0 saturated carbocycles. The van der Waals surface area contributed by atoms with E-state index in [9.17, 15) is 9.18 Å². The summed E-state index contributed by atoms with van der Waals surface area (Å²) in [7, 11) is 0. The van der Waals surface area contributed by atoms with E-state index in [1.165, 1.54) is 12.1 Å². The molecule has 1 aromatic heterocycles. The molecule has 0 unspecified atom stereocenters. The highest BCUT2D eigenvalue weighted by molar-refractivity contribution is 5.96. The van der Waals surface area contributed by atoms with E-state index in [-0.39, 0.29) is 11.6 Å². The van der Waals surface area contributed by atoms with Gasteiger partial charge in [0.25, 0.3) is 5.91 Å². The Morgan fingerprint density at radius 2 is 1.89 bits per heavy atom. The molecule has 146 valence electrons. The summed E-state index contributed by atoms with van der Waals surface area (Å²) in [5.74, 6) is -0.127. The van der Waals surface area contributed by atoms with Crippen LogP contribution in [-0.4, -0.2) is 28.9 Å². The number of nitrogens with one attached hydrogen (secondary N) is 1. The van der Waals surface area contributed by atoms with E-state index < -0.39 is 17.8 Å². The summed E-state index contributed by atoms with van der Waals surface area (Å²) in [5.41, 5.74) is 1.07. The second kappa shape index (κ2) is 8.98. The third-order valence-corrected chi connectivity index (χ3v) is 3.94. The van der Waals surface area contributed by atoms with Crippen molar-refractivity contribution in [3.05, 3.63) is 54.3 Å². The quantitative estimate of drug-likeness (QED) is 0.629. The minimum atomic E-state index is -0.901. The summed E-state index contributed by atoms with van der Waals surface area (Å²) in [4.78, 5) is 12.6. The van der Waals surface area contributed by atoms with E-state index in [1.54, 1.807) is 43.3 Å². The van der Waals surface area contributed by atoms with Gasteiger partial charge in [0, 0.05) is 5.56 Å². The van der Waals surface area contributed by atoms with Crippen LogP contribution in [0.4, 0.5) is 10.2 Å². The lowest BCUT2D eigenvalue weighted by atomic mass is 10.1. The van der Waals surface area contributed by atoms with Crippen molar-refractivity contribution in [3.8, 4) is 22.8 Å². The third kappa shape index (κ3) is 4.46. The van der Waals surface area contributed by atoms with E-state index in [0.29, 0.717) is 24.3 Å². The number of anilines is 1. The predicted molar refractivity (Wildman–Crippen MR) is 101 cm³/mol. The summed E-state index contributed by atoms with van der Waals surface area (Å²) in [6, 6.07) is 13.1. The minimum Gasteiger partial charge on any atom is -0.494 e. The molecule has 0 aliphatic rings. The number of halogens is 1. The van der Waals surface area contributed by atoms with Crippen LogP contribution in [0, 0.1) is 5.82 Å². The molecular weight excluding hydrogens is 365 g/mol. The summed E-state index contributed by atoms with van der Waals surface area (Å²) < 4.78 is 29.5. The van der Waals surface area contributed by atoms with E-state index in [4.69, 9.17) is 14.1 Å². The van der Waals surface area contributed by atoms with E-state index >= 15 is 0 Å². The van der Waals surface area contributed by atoms with Crippen LogP contribution in [0.3, 0.4) is 0 Å². The van der Waals surface area contributed by atoms with Gasteiger partial charge >= 0.3 is 0 Å². The molecule has 0 fully saturated rings. The molecule has 1 heterocycles. The standard InChI is InChI=1S/C20H20FN3O4/c1-3-16(27-17-8-6-5-7-15(17)21)20(25)22-19-18(23-28-24-19)13-9-11-14(12-10-13)26-4-2/h5-12,16H,3-4H2,1-2H3,(H,22,24,25)/t16-/m0/s1. The van der Waals surface area contributed by atoms with Crippen molar-refractivity contribution in [2.24, 2.45) is 0 Å². The van der Waals surface area contributed by atoms with Crippen LogP contribution >= 0.6 is 0 Å². The first-order valence-electron chi connectivity index (χ1n) is 8.90. The normalized spacial score (nSPS) is 11.7. The number of hydrogen-bond donors (Lipinski definition) is 1. The zero-order valence-corrected chi connectivity index (χ0v) is 15.5. The van der Waals surface area contributed by atoms with E-state index in [0.717, 1.165) is 5.75 Å². The van der Waals surface area contributed by atoms with E-state index in [1.807, 2.05) is 6.92 Å². The summed E-state index contributed by atoms with van der Waals surface area (Å²) in [6.07, 6.45) is -0.564. The molecule has 1 atom stereocenters. The number of benzene rings is 2. The van der Waals surface area contributed by atoms with E-state index in [2.05, 4.69) is 15.6 Å². The van der Waals surface area contributed by atoms with Gasteiger partial charge in [-0.05, 0) is 60.1 Å². The second-order valence-electron chi connectivity index (χ2n) is 5.85. The van der Waals surface area contributed by atoms with Gasteiger partial charge in [0.1, 0.15) is 5.75 Å². The Morgan fingerprint density at radius 3 is 2.57 bits per heavy atom. The first kappa shape index (κ1) is 19.3. The van der Waals surface area contributed by atoms with Crippen molar-refractivity contribution < 1.29 is 23.3 Å². The molecule has 0 spiro atoms. The van der Waals surface area contributed by atoms with Crippen LogP contribution in [0.5, 0.6) is 11.5 Å². The number of carbonyl (C=O) groups is 1. The zero-order valence-electron chi connectivity index (χ0n) is 15.5. The number of carbonyl (C=O) groups excluding carboxylic acids is 1. The molecular formula is C20H20FN3O4. The Balaban J connectivity index is 1.73. The number of hydrogen-bond acceptors (Lipinski definition) is 6. The highest BCUT2D eigenvalue weighted by Crippen LogP contribution is 2.27. The fourth-order valence-electron chi connectivity index (χ4n) is 2.55. The number of para-hydroxylation sites is 1. The van der Waals surface area contributed by atoms with Gasteiger partial charge in [-0.25, -0.2) is 9.02 Å². The molecule has 3 rings (SSSR count). The maximum absolute atomic E-state index is 13.8. The van der Waals surface area contributed by atoms with Gasteiger partial charge in [-0.2, -0.15) is 0 Å². The fraction of sp³-hybridized carbons (Fsp3) is 0.250. The molecule has 1 N–H and O–H groups in total. The third-order valence-electron chi connectivity index (χ3n) is 3.94. The first-order chi connectivity index (χ1) is 13.6. The lowest BCUT2D eigenvalue weighted by molar-refractivity contribution is -0.122. The Labute approximate surface area is 161 Å². The average Bonchev–Trinajstić information content (AvgIpc) is 3.16. The Hall–Kier alpha value is -3.42. The highest BCUT2D eigenvalue weighted by atomic mass is 19.1. The topological polar surface area (TPSA) is 86.5 Å². The van der Waals surface area contributed by atoms with Gasteiger partial charge in [-0.1, -0.05) is 19.1 Å². The van der Waals surface area contributed by atoms with Crippen molar-refractivity contribution in [2.75, 3.05) is 11.9 Å². The molecule has 0 radical (unpaired) electrons. The molecule has 0 aliphatic heterocycles. The van der Waals surface area contributed by atoms with Crippen LogP contribution in [0.15, 0.2) is 53.2 Å². The molecule has 3 aromatic rings. The van der Waals surface area contributed by atoms with Crippen molar-refractivity contribution in [2.45, 2.75) is 26.4 Å². The first-order valence-corrected chi connectivity index (χ1v) is 8.90. The summed E-state index contributed by atoms with van der Waals surface area (Å²) >= 11 is 0. The van der Waals surface area contributed by atoms with Gasteiger partial charge < -0.3 is 14.8 Å². The minimum absolute atomic E-state index is 0.00881. The van der Waals surface area contributed by atoms with Crippen LogP contribution < -0.4 is 14.8 Å². The fourth-order valence-corrected chi connectivity index (χ4v) is 2.55. The SMILES string of the molecule is CCOc1ccc(-c2nonc2NC(=O)[C@H](CC)Oc2ccccc2F)cc1. The Morgan fingerprint density at radius 1 is 1.14 bits per heavy atom. The van der Waals surface area contributed by atoms with Gasteiger partial charge in [0.15, 0.2) is 23.4 Å². The number of aromatic nitrogens is 2. The van der Waals surface area contributed by atoms with Crippen molar-refractivity contribution in [3.63, 3.8) is 0 Å². The number of nitrogens with zero attached hydrogens (tertiary/aromatic N) is 2. The van der Waals surface area contributed by atoms with Gasteiger partial charge in [0.2, 0.25) is 5.82 Å². The largest absolute Gasteiger partial charge is 0.494 e. The maximum Gasteiger partial charge on any atom is 0.266 e. The second-order valence-corrected chi connectivity index (χ2v) is 5.85. The lowest BCUT2D eigenvalue weighted by Gasteiger charge is -2.17. The maximum atomic E-state index is 13.8. The molecule has 7 nitrogen and oxygen atoms in total. The van der Waals surface area contributed by atoms with Gasteiger partial charge in [-0.3, -0.25) is 4.79 Å². The van der Waals surface area contributed by atoms with Crippen molar-refractivity contribution in [1.29, 1.82) is 0 Å². The van der Waals surface area contributed by atoms with Crippen LogP contribution in [-0.2, 0) is 4.79 Å². The smallest absolute Gasteiger partial charge is 0.266 e. The van der Waals surface area contributed by atoms with Gasteiger partial charge in [-0.15, -0.1) is 0 Å². The molecule has 28 heavy (non-hydrogen) atoms. The molecule has 8 heteroatoms. The average molecular weight is 385 g/mol. The predicted octanol–water partition coefficient (Wildman–Crippen LogP) is 4.07. The van der Waals surface area contributed by atoms with Gasteiger partial charge in [0.05, 0.1) is 6.61 Å². The van der Waals surface area contributed by atoms with Crippen LogP contribution in [0.25, 0.3) is 11.3 Å². The Kier molecular flexibility index (Phi) is 6.21. The number of amides is 1. The monoisotopic (exact) mass is 385 g/mol.